The van der Waals surface area contributed by atoms with Gasteiger partial charge in [0, 0.05) is 5.56 Å². The minimum absolute atomic E-state index is 0.242. The first-order chi connectivity index (χ1) is 8.90. The SMILES string of the molecule is COc1cccc(C#CCNC(=O)OC(C)(C)C)c1. The molecule has 1 N–H and O–H groups in total. The number of carbonyl (C=O) groups is 1. The predicted octanol–water partition coefficient (Wildman–Crippen LogP) is 2.57. The van der Waals surface area contributed by atoms with E-state index >= 15 is 0 Å². The Kier molecular flexibility index (Phi) is 5.25. The van der Waals surface area contributed by atoms with Gasteiger partial charge in [-0.2, -0.15) is 0 Å². The Bertz CT molecular complexity index is 492. The van der Waals surface area contributed by atoms with Gasteiger partial charge in [0.2, 0.25) is 0 Å². The van der Waals surface area contributed by atoms with Gasteiger partial charge < -0.3 is 14.8 Å². The molecular weight excluding hydrogens is 242 g/mol. The summed E-state index contributed by atoms with van der Waals surface area (Å²) in [6, 6.07) is 7.43. The number of benzene rings is 1. The summed E-state index contributed by atoms with van der Waals surface area (Å²) in [7, 11) is 1.61. The molecule has 0 aliphatic heterocycles. The van der Waals surface area contributed by atoms with E-state index in [2.05, 4.69) is 17.2 Å². The molecule has 0 atom stereocenters. The smallest absolute Gasteiger partial charge is 0.408 e. The number of hydrogen-bond acceptors (Lipinski definition) is 3. The normalized spacial score (nSPS) is 10.1. The predicted molar refractivity (Wildman–Crippen MR) is 74.1 cm³/mol. The van der Waals surface area contributed by atoms with Gasteiger partial charge in [0.25, 0.3) is 0 Å². The molecule has 19 heavy (non-hydrogen) atoms. The molecule has 0 unspecified atom stereocenters. The van der Waals surface area contributed by atoms with E-state index in [0.29, 0.717) is 0 Å². The van der Waals surface area contributed by atoms with Crippen LogP contribution in [-0.2, 0) is 4.74 Å². The third-order valence-corrected chi connectivity index (χ3v) is 2.02. The van der Waals surface area contributed by atoms with Crippen LogP contribution < -0.4 is 10.1 Å². The maximum atomic E-state index is 11.3. The van der Waals surface area contributed by atoms with Crippen molar-refractivity contribution in [2.75, 3.05) is 13.7 Å². The van der Waals surface area contributed by atoms with Crippen LogP contribution in [0.5, 0.6) is 5.75 Å². The van der Waals surface area contributed by atoms with Gasteiger partial charge in [0.15, 0.2) is 0 Å². The monoisotopic (exact) mass is 261 g/mol. The summed E-state index contributed by atoms with van der Waals surface area (Å²) in [5.41, 5.74) is 0.343. The van der Waals surface area contributed by atoms with Gasteiger partial charge in [-0.25, -0.2) is 4.79 Å². The van der Waals surface area contributed by atoms with Gasteiger partial charge >= 0.3 is 6.09 Å². The second-order valence-corrected chi connectivity index (χ2v) is 4.89. The summed E-state index contributed by atoms with van der Waals surface area (Å²) in [6.45, 7) is 5.68. The van der Waals surface area contributed by atoms with Crippen LogP contribution in [0.1, 0.15) is 26.3 Å². The Hall–Kier alpha value is -2.15. The van der Waals surface area contributed by atoms with Crippen molar-refractivity contribution in [2.24, 2.45) is 0 Å². The van der Waals surface area contributed by atoms with Crippen molar-refractivity contribution in [3.8, 4) is 17.6 Å². The van der Waals surface area contributed by atoms with E-state index in [4.69, 9.17) is 9.47 Å². The van der Waals surface area contributed by atoms with E-state index < -0.39 is 11.7 Å². The average Bonchev–Trinajstić information content (AvgIpc) is 2.33. The Morgan fingerprint density at radius 2 is 2.11 bits per heavy atom. The van der Waals surface area contributed by atoms with Gasteiger partial charge in [-0.15, -0.1) is 0 Å². The first-order valence-electron chi connectivity index (χ1n) is 6.00. The highest BCUT2D eigenvalue weighted by molar-refractivity contribution is 5.68. The molecule has 0 aromatic heterocycles. The second kappa shape index (κ2) is 6.69. The van der Waals surface area contributed by atoms with Crippen LogP contribution in [0.4, 0.5) is 4.79 Å². The number of rotatable bonds is 2. The molecule has 4 heteroatoms. The first-order valence-corrected chi connectivity index (χ1v) is 6.00. The molecule has 0 heterocycles. The third-order valence-electron chi connectivity index (χ3n) is 2.02. The second-order valence-electron chi connectivity index (χ2n) is 4.89. The number of carbonyl (C=O) groups excluding carboxylic acids is 1. The Morgan fingerprint density at radius 3 is 2.74 bits per heavy atom. The fraction of sp³-hybridized carbons (Fsp3) is 0.400. The van der Waals surface area contributed by atoms with Gasteiger partial charge in [0.1, 0.15) is 11.4 Å². The lowest BCUT2D eigenvalue weighted by molar-refractivity contribution is 0.0535. The van der Waals surface area contributed by atoms with E-state index in [1.807, 2.05) is 45.0 Å². The summed E-state index contributed by atoms with van der Waals surface area (Å²) in [5.74, 6) is 6.55. The average molecular weight is 261 g/mol. The lowest BCUT2D eigenvalue weighted by atomic mass is 10.2. The summed E-state index contributed by atoms with van der Waals surface area (Å²) in [4.78, 5) is 11.3. The molecule has 0 spiro atoms. The van der Waals surface area contributed by atoms with Crippen molar-refractivity contribution in [2.45, 2.75) is 26.4 Å². The molecule has 1 amide bonds. The maximum absolute atomic E-state index is 11.3. The summed E-state index contributed by atoms with van der Waals surface area (Å²) in [6.07, 6.45) is -0.465. The molecule has 4 nitrogen and oxygen atoms in total. The van der Waals surface area contributed by atoms with Crippen LogP contribution in [0.2, 0.25) is 0 Å². The number of amides is 1. The standard InChI is InChI=1S/C15H19NO3/c1-15(2,3)19-14(17)16-10-6-8-12-7-5-9-13(11-12)18-4/h5,7,9,11H,10H2,1-4H3,(H,16,17). The van der Waals surface area contributed by atoms with E-state index in [1.165, 1.54) is 0 Å². The number of methoxy groups -OCH3 is 1. The molecule has 0 aliphatic carbocycles. The third kappa shape index (κ3) is 6.37. The highest BCUT2D eigenvalue weighted by Gasteiger charge is 2.14. The zero-order valence-corrected chi connectivity index (χ0v) is 11.7. The van der Waals surface area contributed by atoms with Crippen molar-refractivity contribution in [1.82, 2.24) is 5.32 Å². The van der Waals surface area contributed by atoms with Gasteiger partial charge in [-0.1, -0.05) is 17.9 Å². The molecule has 0 radical (unpaired) electrons. The molecule has 1 rings (SSSR count). The number of alkyl carbamates (subject to hydrolysis) is 1. The summed E-state index contributed by atoms with van der Waals surface area (Å²) in [5, 5.41) is 2.57. The largest absolute Gasteiger partial charge is 0.497 e. The molecule has 0 aliphatic rings. The fourth-order valence-corrected chi connectivity index (χ4v) is 1.28. The van der Waals surface area contributed by atoms with Crippen molar-refractivity contribution in [3.63, 3.8) is 0 Å². The van der Waals surface area contributed by atoms with Gasteiger partial charge in [0.05, 0.1) is 13.7 Å². The van der Waals surface area contributed by atoms with Gasteiger partial charge in [-0.3, -0.25) is 0 Å². The molecular formula is C15H19NO3. The minimum Gasteiger partial charge on any atom is -0.497 e. The van der Waals surface area contributed by atoms with Crippen LogP contribution in [0.3, 0.4) is 0 Å². The fourth-order valence-electron chi connectivity index (χ4n) is 1.28. The highest BCUT2D eigenvalue weighted by Crippen LogP contribution is 2.11. The Balaban J connectivity index is 2.45. The van der Waals surface area contributed by atoms with Crippen LogP contribution in [0.15, 0.2) is 24.3 Å². The van der Waals surface area contributed by atoms with Crippen molar-refractivity contribution in [1.29, 1.82) is 0 Å². The molecule has 1 aromatic rings. The zero-order valence-electron chi connectivity index (χ0n) is 11.7. The number of hydrogen-bond donors (Lipinski definition) is 1. The van der Waals surface area contributed by atoms with E-state index in [-0.39, 0.29) is 6.54 Å². The molecule has 0 saturated carbocycles. The minimum atomic E-state index is -0.496. The number of nitrogens with one attached hydrogen (secondary N) is 1. The quantitative estimate of drug-likeness (QED) is 0.832. The van der Waals surface area contributed by atoms with Crippen LogP contribution in [0.25, 0.3) is 0 Å². The lowest BCUT2D eigenvalue weighted by Crippen LogP contribution is -2.32. The molecule has 0 saturated heterocycles. The van der Waals surface area contributed by atoms with Crippen LogP contribution in [-0.4, -0.2) is 25.3 Å². The van der Waals surface area contributed by atoms with E-state index in [1.54, 1.807) is 7.11 Å². The molecule has 0 bridgehead atoms. The van der Waals surface area contributed by atoms with Crippen molar-refractivity contribution < 1.29 is 14.3 Å². The summed E-state index contributed by atoms with van der Waals surface area (Å²) >= 11 is 0. The number of ether oxygens (including phenoxy) is 2. The Labute approximate surface area is 114 Å². The van der Waals surface area contributed by atoms with Crippen molar-refractivity contribution >= 4 is 6.09 Å². The van der Waals surface area contributed by atoms with E-state index in [0.717, 1.165) is 11.3 Å². The summed E-state index contributed by atoms with van der Waals surface area (Å²) < 4.78 is 10.2. The highest BCUT2D eigenvalue weighted by atomic mass is 16.6. The van der Waals surface area contributed by atoms with Crippen LogP contribution >= 0.6 is 0 Å². The Morgan fingerprint density at radius 1 is 1.37 bits per heavy atom. The topological polar surface area (TPSA) is 47.6 Å². The maximum Gasteiger partial charge on any atom is 0.408 e. The van der Waals surface area contributed by atoms with E-state index in [9.17, 15) is 4.79 Å². The van der Waals surface area contributed by atoms with Crippen molar-refractivity contribution in [3.05, 3.63) is 29.8 Å². The molecule has 102 valence electrons. The lowest BCUT2D eigenvalue weighted by Gasteiger charge is -2.18. The molecule has 0 fully saturated rings. The first kappa shape index (κ1) is 14.9. The zero-order chi connectivity index (χ0) is 14.3. The van der Waals surface area contributed by atoms with Crippen LogP contribution in [0, 0.1) is 11.8 Å². The van der Waals surface area contributed by atoms with Gasteiger partial charge in [-0.05, 0) is 39.0 Å². The molecule has 1 aromatic carbocycles.